The number of carbonyl (C=O) groups is 4. The van der Waals surface area contributed by atoms with Gasteiger partial charge in [0.15, 0.2) is 5.11 Å². The predicted molar refractivity (Wildman–Crippen MR) is 266 cm³/mol. The van der Waals surface area contributed by atoms with Crippen LogP contribution in [-0.2, 0) is 41.4 Å². The number of hydrogen-bond donors (Lipinski definition) is 3. The lowest BCUT2D eigenvalue weighted by Crippen LogP contribution is -2.57. The molecule has 3 N–H and O–H groups in total. The lowest BCUT2D eigenvalue weighted by atomic mass is 9.85. The molecular formula is C51H60F3N7O8S2. The number of rotatable bonds is 21. The number of unbranched alkanes of at least 4 members (excludes halogenated alkanes) is 2. The number of aliphatic hydroxyl groups excluding tert-OH is 1. The fraction of sp³-hybridized carbons (Fsp3) is 0.471. The van der Waals surface area contributed by atoms with Crippen LogP contribution >= 0.6 is 23.6 Å². The van der Waals surface area contributed by atoms with Crippen LogP contribution in [-0.4, -0.2) is 107 Å². The number of hydrogen-bond acceptors (Lipinski definition) is 12. The number of anilines is 2. The number of thiocarbonyl (C=S) groups is 1. The molecule has 3 aromatic carbocycles. The minimum absolute atomic E-state index is 0.000267. The molecule has 2 fully saturated rings. The van der Waals surface area contributed by atoms with Gasteiger partial charge in [0.25, 0.3) is 5.91 Å². The van der Waals surface area contributed by atoms with Crippen LogP contribution < -0.4 is 25.2 Å². The number of amides is 4. The highest BCUT2D eigenvalue weighted by Gasteiger charge is 2.51. The number of nitriles is 1. The molecule has 4 aromatic rings. The van der Waals surface area contributed by atoms with E-state index in [1.807, 2.05) is 52.0 Å². The van der Waals surface area contributed by atoms with Crippen molar-refractivity contribution in [3.63, 3.8) is 0 Å². The number of benzene rings is 3. The Hall–Kier alpha value is -5.98. The third-order valence-electron chi connectivity index (χ3n) is 12.2. The van der Waals surface area contributed by atoms with Crippen LogP contribution in [0, 0.1) is 23.7 Å². The first-order valence-electron chi connectivity index (χ1n) is 23.3. The molecule has 380 valence electrons. The van der Waals surface area contributed by atoms with E-state index < -0.39 is 58.3 Å². The van der Waals surface area contributed by atoms with Gasteiger partial charge in [0, 0.05) is 38.2 Å². The second kappa shape index (κ2) is 23.5. The summed E-state index contributed by atoms with van der Waals surface area (Å²) < 4.78 is 58.3. The predicted octanol–water partition coefficient (Wildman–Crippen LogP) is 7.71. The zero-order valence-corrected chi connectivity index (χ0v) is 42.3. The molecule has 20 heteroatoms. The number of nitrogens with one attached hydrogen (secondary N) is 2. The highest BCUT2D eigenvalue weighted by molar-refractivity contribution is 7.81. The maximum absolute atomic E-state index is 14.0. The summed E-state index contributed by atoms with van der Waals surface area (Å²) in [7, 11) is 0. The number of aliphatic hydroxyl groups is 1. The standard InChI is InChI=1S/C51H60F3N7O8S2/c1-32-43(71-31-57-32)34-12-10-33(11-13-34)29-56-45(64)41-27-38(62)30-59(41)46(65)44(49(2,3)4)58-42(63)20-23-68-25-24-67-21-8-7-9-22-69-39-18-16-36(17-19-39)61-48(70)60(47(66)50(61,5)6)37-15-14-35(28-55)40(26-37)51(52,53)54/h10-19,26,31,38,41,44,62H,7-9,20-25,27,29-30H2,1-6H3,(H,56,64)(H,58,63)/t38-,41+,44?/m1/s1. The van der Waals surface area contributed by atoms with Crippen LogP contribution in [0.25, 0.3) is 10.4 Å². The van der Waals surface area contributed by atoms with E-state index in [4.69, 9.17) is 26.4 Å². The molecule has 15 nitrogen and oxygen atoms in total. The Morgan fingerprint density at radius 1 is 0.958 bits per heavy atom. The van der Waals surface area contributed by atoms with Crippen molar-refractivity contribution < 1.29 is 51.7 Å². The van der Waals surface area contributed by atoms with Crippen molar-refractivity contribution in [3.8, 4) is 22.3 Å². The number of aryl methyl sites for hydroxylation is 1. The van der Waals surface area contributed by atoms with Crippen LogP contribution in [0.3, 0.4) is 0 Å². The summed E-state index contributed by atoms with van der Waals surface area (Å²) in [5.74, 6) is -1.14. The largest absolute Gasteiger partial charge is 0.494 e. The van der Waals surface area contributed by atoms with Gasteiger partial charge in [0.05, 0.1) is 71.5 Å². The fourth-order valence-corrected chi connectivity index (χ4v) is 9.66. The Morgan fingerprint density at radius 3 is 2.25 bits per heavy atom. The van der Waals surface area contributed by atoms with Gasteiger partial charge in [-0.25, -0.2) is 4.98 Å². The highest BCUT2D eigenvalue weighted by atomic mass is 32.1. The van der Waals surface area contributed by atoms with E-state index in [2.05, 4.69) is 15.6 Å². The summed E-state index contributed by atoms with van der Waals surface area (Å²) in [4.78, 5) is 63.3. The highest BCUT2D eigenvalue weighted by Crippen LogP contribution is 2.40. The quantitative estimate of drug-likeness (QED) is 0.0546. The summed E-state index contributed by atoms with van der Waals surface area (Å²) in [5.41, 5.74) is 1.52. The molecule has 4 amide bonds. The lowest BCUT2D eigenvalue weighted by Gasteiger charge is -2.35. The van der Waals surface area contributed by atoms with Gasteiger partial charge < -0.3 is 39.8 Å². The molecular weight excluding hydrogens is 960 g/mol. The zero-order valence-electron chi connectivity index (χ0n) is 40.6. The normalized spacial score (nSPS) is 17.3. The van der Waals surface area contributed by atoms with E-state index in [0.29, 0.717) is 31.3 Å². The van der Waals surface area contributed by atoms with Gasteiger partial charge in [-0.15, -0.1) is 11.3 Å². The van der Waals surface area contributed by atoms with Crippen LogP contribution in [0.15, 0.2) is 72.2 Å². The van der Waals surface area contributed by atoms with Gasteiger partial charge in [-0.3, -0.25) is 24.1 Å². The molecule has 0 radical (unpaired) electrons. The van der Waals surface area contributed by atoms with E-state index in [-0.39, 0.29) is 61.8 Å². The van der Waals surface area contributed by atoms with Crippen LogP contribution in [0.2, 0.25) is 0 Å². The van der Waals surface area contributed by atoms with Crippen molar-refractivity contribution in [2.75, 3.05) is 49.4 Å². The monoisotopic (exact) mass is 1020 g/mol. The lowest BCUT2D eigenvalue weighted by molar-refractivity contribution is -0.144. The maximum atomic E-state index is 14.0. The number of nitrogens with zero attached hydrogens (tertiary/aromatic N) is 5. The molecule has 3 atom stereocenters. The molecule has 1 unspecified atom stereocenters. The Kier molecular flexibility index (Phi) is 18.0. The third kappa shape index (κ3) is 13.5. The first-order chi connectivity index (χ1) is 33.6. The van der Waals surface area contributed by atoms with Crippen molar-refractivity contribution in [3.05, 3.63) is 94.6 Å². The molecule has 2 aliphatic rings. The first-order valence-corrected chi connectivity index (χ1v) is 24.6. The number of likely N-dealkylation sites (tertiary alicyclic amines) is 1. The maximum Gasteiger partial charge on any atom is 0.417 e. The van der Waals surface area contributed by atoms with E-state index in [9.17, 15) is 42.7 Å². The van der Waals surface area contributed by atoms with Gasteiger partial charge in [0.1, 0.15) is 23.4 Å². The number of halogens is 3. The van der Waals surface area contributed by atoms with Crippen LogP contribution in [0.5, 0.6) is 5.75 Å². The molecule has 71 heavy (non-hydrogen) atoms. The fourth-order valence-electron chi connectivity index (χ4n) is 8.32. The van der Waals surface area contributed by atoms with Gasteiger partial charge in [-0.05, 0) is 111 Å². The zero-order chi connectivity index (χ0) is 51.7. The van der Waals surface area contributed by atoms with Crippen molar-refractivity contribution >= 4 is 63.7 Å². The smallest absolute Gasteiger partial charge is 0.417 e. The van der Waals surface area contributed by atoms with E-state index in [1.54, 1.807) is 65.9 Å². The minimum atomic E-state index is -4.80. The van der Waals surface area contributed by atoms with Gasteiger partial charge in [-0.1, -0.05) is 45.0 Å². The second-order valence-corrected chi connectivity index (χ2v) is 20.2. The summed E-state index contributed by atoms with van der Waals surface area (Å²) in [5, 5.41) is 25.5. The molecule has 0 bridgehead atoms. The number of carbonyl (C=O) groups excluding carboxylic acids is 4. The third-order valence-corrected chi connectivity index (χ3v) is 13.6. The number of aromatic nitrogens is 1. The molecule has 2 saturated heterocycles. The Labute approximate surface area is 421 Å². The Balaban J connectivity index is 0.851. The summed E-state index contributed by atoms with van der Waals surface area (Å²) in [6, 6.07) is 17.5. The van der Waals surface area contributed by atoms with Gasteiger partial charge >= 0.3 is 6.18 Å². The topological polar surface area (TPSA) is 187 Å². The Morgan fingerprint density at radius 2 is 1.62 bits per heavy atom. The van der Waals surface area contributed by atoms with E-state index in [1.165, 1.54) is 11.0 Å². The van der Waals surface area contributed by atoms with E-state index in [0.717, 1.165) is 58.0 Å². The number of β-amino-alcohol motifs (C(OH)–C–C–N with tert-alkyl or cyclic N) is 1. The Bertz CT molecular complexity index is 2580. The summed E-state index contributed by atoms with van der Waals surface area (Å²) in [6.07, 6.45) is -3.22. The van der Waals surface area contributed by atoms with E-state index >= 15 is 0 Å². The summed E-state index contributed by atoms with van der Waals surface area (Å²) >= 11 is 7.18. The average Bonchev–Trinajstić information content (AvgIpc) is 3.99. The van der Waals surface area contributed by atoms with Crippen LogP contribution in [0.4, 0.5) is 24.5 Å². The molecule has 0 spiro atoms. The number of thiazole rings is 1. The molecule has 1 aromatic heterocycles. The number of alkyl halides is 3. The molecule has 6 rings (SSSR count). The summed E-state index contributed by atoms with van der Waals surface area (Å²) in [6.45, 7) is 12.6. The first kappa shape index (κ1) is 54.4. The molecule has 0 saturated carbocycles. The number of ether oxygens (including phenoxy) is 3. The van der Waals surface area contributed by atoms with Gasteiger partial charge in [-0.2, -0.15) is 18.4 Å². The average molecular weight is 1020 g/mol. The van der Waals surface area contributed by atoms with Gasteiger partial charge in [0.2, 0.25) is 17.7 Å². The van der Waals surface area contributed by atoms with Crippen molar-refractivity contribution in [2.24, 2.45) is 5.41 Å². The SMILES string of the molecule is Cc1ncsc1-c1ccc(CNC(=O)[C@@H]2C[C@@H](O)CN2C(=O)C(NC(=O)CCOCCOCCCCCOc2ccc(N3C(=S)N(c4ccc(C#N)c(C(F)(F)F)c4)C(=O)C3(C)C)cc2)C(C)(C)C)cc1. The molecule has 0 aliphatic carbocycles. The second-order valence-electron chi connectivity index (χ2n) is 19.0. The van der Waals surface area contributed by atoms with Crippen molar-refractivity contribution in [1.82, 2.24) is 20.5 Å². The van der Waals surface area contributed by atoms with Crippen molar-refractivity contribution in [1.29, 1.82) is 5.26 Å². The van der Waals surface area contributed by atoms with Crippen molar-refractivity contribution in [2.45, 2.75) is 110 Å². The van der Waals surface area contributed by atoms with Crippen LogP contribution in [0.1, 0.15) is 89.1 Å². The molecule has 2 aliphatic heterocycles. The minimum Gasteiger partial charge on any atom is -0.494 e. The molecule has 3 heterocycles.